The molecule has 0 saturated heterocycles. The van der Waals surface area contributed by atoms with E-state index in [1.807, 2.05) is 66.7 Å². The largest absolute Gasteiger partial charge is 0.255 e. The van der Waals surface area contributed by atoms with E-state index >= 15 is 0 Å². The van der Waals surface area contributed by atoms with Crippen molar-refractivity contribution in [2.45, 2.75) is 0 Å². The first-order chi connectivity index (χ1) is 23.8. The molecule has 5 heteroatoms. The fraction of sp³-hybridized carbons (Fsp3) is 0. The molecule has 9 aromatic rings. The standard InChI is InChI=1S/C43H27N5/c1-2-8-31(9-3-1)40-42(47-38-12-5-4-11-37(38)46-40)32-19-15-29(16-20-32)28-13-17-30(18-14-28)35-25-23-33-21-22-34-24-26-39(36-10-6-7-27-44-36)48-43(34)41(33)45-35/h1-27H. The lowest BCUT2D eigenvalue weighted by molar-refractivity contribution is 1.27. The van der Waals surface area contributed by atoms with Gasteiger partial charge in [-0.15, -0.1) is 0 Å². The molecule has 0 spiro atoms. The Bertz CT molecular complexity index is 2580. The summed E-state index contributed by atoms with van der Waals surface area (Å²) in [6.45, 7) is 0. The molecule has 9 rings (SSSR count). The summed E-state index contributed by atoms with van der Waals surface area (Å²) in [5.74, 6) is 0. The Morgan fingerprint density at radius 3 is 1.38 bits per heavy atom. The van der Waals surface area contributed by atoms with Gasteiger partial charge in [0.05, 0.1) is 50.5 Å². The van der Waals surface area contributed by atoms with Crippen molar-refractivity contribution in [1.29, 1.82) is 0 Å². The molecule has 4 heterocycles. The van der Waals surface area contributed by atoms with Gasteiger partial charge in [-0.05, 0) is 47.5 Å². The van der Waals surface area contributed by atoms with Gasteiger partial charge >= 0.3 is 0 Å². The summed E-state index contributed by atoms with van der Waals surface area (Å²) < 4.78 is 0. The number of para-hydroxylation sites is 2. The molecular formula is C43H27N5. The molecule has 0 aliphatic heterocycles. The van der Waals surface area contributed by atoms with Crippen LogP contribution in [0.3, 0.4) is 0 Å². The number of fused-ring (bicyclic) bond motifs is 4. The first-order valence-electron chi connectivity index (χ1n) is 15.9. The number of rotatable bonds is 5. The average molecular weight is 614 g/mol. The monoisotopic (exact) mass is 613 g/mol. The van der Waals surface area contributed by atoms with E-state index in [4.69, 9.17) is 19.9 Å². The van der Waals surface area contributed by atoms with Crippen LogP contribution in [0.25, 0.3) is 89.1 Å². The number of aromatic nitrogens is 5. The molecule has 0 amide bonds. The highest BCUT2D eigenvalue weighted by molar-refractivity contribution is 6.04. The topological polar surface area (TPSA) is 64.5 Å². The van der Waals surface area contributed by atoms with Gasteiger partial charge in [-0.1, -0.05) is 121 Å². The Hall–Kier alpha value is -6.59. The van der Waals surface area contributed by atoms with E-state index < -0.39 is 0 Å². The van der Waals surface area contributed by atoms with Gasteiger partial charge in [0.2, 0.25) is 0 Å². The normalized spacial score (nSPS) is 11.3. The molecule has 0 fully saturated rings. The lowest BCUT2D eigenvalue weighted by Gasteiger charge is -2.11. The minimum Gasteiger partial charge on any atom is -0.255 e. The summed E-state index contributed by atoms with van der Waals surface area (Å²) in [4.78, 5) is 24.7. The molecule has 0 aliphatic carbocycles. The van der Waals surface area contributed by atoms with Gasteiger partial charge in [-0.25, -0.2) is 19.9 Å². The molecular weight excluding hydrogens is 587 g/mol. The van der Waals surface area contributed by atoms with Crippen molar-refractivity contribution in [3.05, 3.63) is 164 Å². The van der Waals surface area contributed by atoms with Gasteiger partial charge < -0.3 is 0 Å². The second-order valence-electron chi connectivity index (χ2n) is 11.7. The lowest BCUT2D eigenvalue weighted by atomic mass is 9.98. The van der Waals surface area contributed by atoms with E-state index in [0.29, 0.717) is 0 Å². The third-order valence-electron chi connectivity index (χ3n) is 8.74. The second kappa shape index (κ2) is 11.6. The first-order valence-corrected chi connectivity index (χ1v) is 15.9. The Labute approximate surface area is 277 Å². The molecule has 0 radical (unpaired) electrons. The maximum atomic E-state index is 5.11. The number of nitrogens with zero attached hydrogens (tertiary/aromatic N) is 5. The van der Waals surface area contributed by atoms with Gasteiger partial charge in [-0.3, -0.25) is 4.98 Å². The van der Waals surface area contributed by atoms with Crippen molar-refractivity contribution in [3.8, 4) is 56.3 Å². The highest BCUT2D eigenvalue weighted by Crippen LogP contribution is 2.33. The van der Waals surface area contributed by atoms with Gasteiger partial charge in [0, 0.05) is 33.7 Å². The average Bonchev–Trinajstić information content (AvgIpc) is 3.18. The van der Waals surface area contributed by atoms with E-state index in [1.54, 1.807) is 6.20 Å². The van der Waals surface area contributed by atoms with Crippen LogP contribution in [0.4, 0.5) is 0 Å². The number of benzene rings is 5. The molecule has 0 atom stereocenters. The van der Waals surface area contributed by atoms with Gasteiger partial charge in [0.15, 0.2) is 0 Å². The van der Waals surface area contributed by atoms with Crippen molar-refractivity contribution in [2.24, 2.45) is 0 Å². The Morgan fingerprint density at radius 1 is 0.292 bits per heavy atom. The van der Waals surface area contributed by atoms with Gasteiger partial charge in [0.25, 0.3) is 0 Å². The van der Waals surface area contributed by atoms with Gasteiger partial charge in [0.1, 0.15) is 0 Å². The van der Waals surface area contributed by atoms with E-state index in [2.05, 4.69) is 96.0 Å². The number of hydrogen-bond acceptors (Lipinski definition) is 5. The van der Waals surface area contributed by atoms with Crippen LogP contribution in [0.5, 0.6) is 0 Å². The minimum atomic E-state index is 0.835. The first kappa shape index (κ1) is 27.7. The van der Waals surface area contributed by atoms with Crippen molar-refractivity contribution < 1.29 is 0 Å². The van der Waals surface area contributed by atoms with Crippen molar-refractivity contribution in [2.75, 3.05) is 0 Å². The molecule has 224 valence electrons. The smallest absolute Gasteiger partial charge is 0.0973 e. The van der Waals surface area contributed by atoms with Crippen LogP contribution < -0.4 is 0 Å². The maximum Gasteiger partial charge on any atom is 0.0973 e. The van der Waals surface area contributed by atoms with E-state index in [9.17, 15) is 0 Å². The van der Waals surface area contributed by atoms with E-state index in [1.165, 1.54) is 0 Å². The van der Waals surface area contributed by atoms with E-state index in [0.717, 1.165) is 89.1 Å². The van der Waals surface area contributed by atoms with Gasteiger partial charge in [-0.2, -0.15) is 0 Å². The lowest BCUT2D eigenvalue weighted by Crippen LogP contribution is -1.95. The second-order valence-corrected chi connectivity index (χ2v) is 11.7. The molecule has 0 aliphatic rings. The minimum absolute atomic E-state index is 0.835. The maximum absolute atomic E-state index is 5.11. The SMILES string of the molecule is c1ccc(-c2nc3ccccc3nc2-c2ccc(-c3ccc(-c4ccc5ccc6ccc(-c7ccccn7)nc6c5n4)cc3)cc2)cc1. The fourth-order valence-electron chi connectivity index (χ4n) is 6.24. The molecule has 5 aromatic carbocycles. The molecule has 0 unspecified atom stereocenters. The zero-order valence-corrected chi connectivity index (χ0v) is 25.8. The van der Waals surface area contributed by atoms with E-state index in [-0.39, 0.29) is 0 Å². The zero-order valence-electron chi connectivity index (χ0n) is 25.8. The molecule has 0 bridgehead atoms. The molecule has 5 nitrogen and oxygen atoms in total. The van der Waals surface area contributed by atoms with Crippen LogP contribution in [-0.4, -0.2) is 24.9 Å². The molecule has 0 saturated carbocycles. The highest BCUT2D eigenvalue weighted by Gasteiger charge is 2.14. The predicted octanol–water partition coefficient (Wildman–Crippen LogP) is 10.5. The highest BCUT2D eigenvalue weighted by atomic mass is 14.8. The molecule has 0 N–H and O–H groups in total. The Balaban J connectivity index is 1.04. The van der Waals surface area contributed by atoms with Crippen molar-refractivity contribution in [1.82, 2.24) is 24.9 Å². The summed E-state index contributed by atoms with van der Waals surface area (Å²) in [5, 5.41) is 2.11. The van der Waals surface area contributed by atoms with Crippen LogP contribution >= 0.6 is 0 Å². The van der Waals surface area contributed by atoms with Crippen LogP contribution in [0.15, 0.2) is 164 Å². The third-order valence-corrected chi connectivity index (χ3v) is 8.74. The fourth-order valence-corrected chi connectivity index (χ4v) is 6.24. The summed E-state index contributed by atoms with van der Waals surface area (Å²) in [5.41, 5.74) is 13.3. The van der Waals surface area contributed by atoms with Crippen LogP contribution in [0.2, 0.25) is 0 Å². The summed E-state index contributed by atoms with van der Waals surface area (Å²) in [6, 6.07) is 53.8. The van der Waals surface area contributed by atoms with Crippen LogP contribution in [0.1, 0.15) is 0 Å². The molecule has 4 aromatic heterocycles. The van der Waals surface area contributed by atoms with Crippen molar-refractivity contribution >= 4 is 32.8 Å². The predicted molar refractivity (Wildman–Crippen MR) is 195 cm³/mol. The summed E-state index contributed by atoms with van der Waals surface area (Å²) in [6.07, 6.45) is 1.79. The summed E-state index contributed by atoms with van der Waals surface area (Å²) >= 11 is 0. The summed E-state index contributed by atoms with van der Waals surface area (Å²) in [7, 11) is 0. The third kappa shape index (κ3) is 5.04. The van der Waals surface area contributed by atoms with Crippen LogP contribution in [0, 0.1) is 0 Å². The Morgan fingerprint density at radius 2 is 0.771 bits per heavy atom. The number of pyridine rings is 3. The number of hydrogen-bond donors (Lipinski definition) is 0. The van der Waals surface area contributed by atoms with Crippen molar-refractivity contribution in [3.63, 3.8) is 0 Å². The molecule has 48 heavy (non-hydrogen) atoms. The quantitative estimate of drug-likeness (QED) is 0.181. The Kier molecular flexibility index (Phi) is 6.72. The van der Waals surface area contributed by atoms with Crippen LogP contribution in [-0.2, 0) is 0 Å². The zero-order chi connectivity index (χ0) is 31.9.